The molecule has 25 heavy (non-hydrogen) atoms. The lowest BCUT2D eigenvalue weighted by Crippen LogP contribution is -2.21. The lowest BCUT2D eigenvalue weighted by atomic mass is 10.2. The Bertz CT molecular complexity index is 599. The molecule has 140 valence electrons. The van der Waals surface area contributed by atoms with E-state index >= 15 is 0 Å². The van der Waals surface area contributed by atoms with Gasteiger partial charge in [-0.3, -0.25) is 0 Å². The van der Waals surface area contributed by atoms with Gasteiger partial charge in [0.1, 0.15) is 18.2 Å². The summed E-state index contributed by atoms with van der Waals surface area (Å²) < 4.78 is 19.3. The first kappa shape index (κ1) is 23.7. The smallest absolute Gasteiger partial charge is 0.129 e. The summed E-state index contributed by atoms with van der Waals surface area (Å²) in [6.07, 6.45) is 1.11. The average Bonchev–Trinajstić information content (AvgIpc) is 2.58. The Morgan fingerprint density at radius 3 is 2.48 bits per heavy atom. The van der Waals surface area contributed by atoms with Crippen LogP contribution in [0.1, 0.15) is 24.5 Å². The van der Waals surface area contributed by atoms with E-state index in [0.29, 0.717) is 5.56 Å². The number of benzene rings is 2. The second kappa shape index (κ2) is 13.9. The number of rotatable bonds is 10. The molecule has 2 N–H and O–H groups in total. The van der Waals surface area contributed by atoms with Crippen molar-refractivity contribution < 1.29 is 9.13 Å². The van der Waals surface area contributed by atoms with Gasteiger partial charge >= 0.3 is 0 Å². The zero-order chi connectivity index (χ0) is 16.3. The Kier molecular flexibility index (Phi) is 13.2. The van der Waals surface area contributed by atoms with Crippen molar-refractivity contribution in [2.24, 2.45) is 0 Å². The fourth-order valence-corrected chi connectivity index (χ4v) is 2.27. The van der Waals surface area contributed by atoms with Crippen LogP contribution in [0.25, 0.3) is 0 Å². The lowest BCUT2D eigenvalue weighted by Gasteiger charge is -2.10. The Labute approximate surface area is 162 Å². The summed E-state index contributed by atoms with van der Waals surface area (Å²) in [4.78, 5) is 0. The lowest BCUT2D eigenvalue weighted by molar-refractivity contribution is 0.299. The largest absolute Gasteiger partial charge is 0.489 e. The standard InChI is InChI=1S/C19H25FN2O.2ClH/c1-2-21-11-6-12-22-14-16-7-5-9-18(13-16)23-15-17-8-3-4-10-19(17)20;;/h3-5,7-10,13,21-22H,2,6,11-12,14-15H2,1H3;2*1H. The fraction of sp³-hybridized carbons (Fsp3) is 0.368. The highest BCUT2D eigenvalue weighted by Gasteiger charge is 2.02. The van der Waals surface area contributed by atoms with Gasteiger partial charge in [-0.2, -0.15) is 0 Å². The van der Waals surface area contributed by atoms with Gasteiger partial charge in [-0.25, -0.2) is 4.39 Å². The van der Waals surface area contributed by atoms with E-state index in [1.165, 1.54) is 11.6 Å². The van der Waals surface area contributed by atoms with Crippen molar-refractivity contribution in [1.29, 1.82) is 0 Å². The summed E-state index contributed by atoms with van der Waals surface area (Å²) in [5.41, 5.74) is 1.74. The molecule has 0 radical (unpaired) electrons. The molecule has 0 saturated heterocycles. The summed E-state index contributed by atoms with van der Waals surface area (Å²) in [6.45, 7) is 6.19. The molecular formula is C19H27Cl2FN2O. The minimum Gasteiger partial charge on any atom is -0.489 e. The van der Waals surface area contributed by atoms with Crippen molar-refractivity contribution >= 4 is 24.8 Å². The molecule has 0 fully saturated rings. The minimum atomic E-state index is -0.231. The highest BCUT2D eigenvalue weighted by molar-refractivity contribution is 5.85. The second-order valence-electron chi connectivity index (χ2n) is 5.41. The molecule has 3 nitrogen and oxygen atoms in total. The number of ether oxygens (including phenoxy) is 1. The highest BCUT2D eigenvalue weighted by Crippen LogP contribution is 2.16. The zero-order valence-corrected chi connectivity index (χ0v) is 16.1. The normalized spacial score (nSPS) is 9.84. The molecule has 0 heterocycles. The zero-order valence-electron chi connectivity index (χ0n) is 14.5. The van der Waals surface area contributed by atoms with E-state index in [1.807, 2.05) is 24.3 Å². The van der Waals surface area contributed by atoms with E-state index < -0.39 is 0 Å². The van der Waals surface area contributed by atoms with Crippen LogP contribution < -0.4 is 15.4 Å². The molecular weight excluding hydrogens is 362 g/mol. The van der Waals surface area contributed by atoms with Gasteiger partial charge < -0.3 is 15.4 Å². The van der Waals surface area contributed by atoms with Crippen LogP contribution in [-0.2, 0) is 13.2 Å². The van der Waals surface area contributed by atoms with Gasteiger partial charge in [0.15, 0.2) is 0 Å². The van der Waals surface area contributed by atoms with Crippen LogP contribution in [0.4, 0.5) is 4.39 Å². The van der Waals surface area contributed by atoms with E-state index in [1.54, 1.807) is 12.1 Å². The molecule has 0 aliphatic heterocycles. The van der Waals surface area contributed by atoms with Crippen molar-refractivity contribution in [3.05, 3.63) is 65.5 Å². The fourth-order valence-electron chi connectivity index (χ4n) is 2.27. The molecule has 0 unspecified atom stereocenters. The summed E-state index contributed by atoms with van der Waals surface area (Å²) in [7, 11) is 0. The Morgan fingerprint density at radius 2 is 1.72 bits per heavy atom. The van der Waals surface area contributed by atoms with Gasteiger partial charge in [0.25, 0.3) is 0 Å². The van der Waals surface area contributed by atoms with E-state index in [9.17, 15) is 4.39 Å². The molecule has 0 aliphatic carbocycles. The van der Waals surface area contributed by atoms with E-state index in [4.69, 9.17) is 4.74 Å². The SMILES string of the molecule is CCNCCCNCc1cccc(OCc2ccccc2F)c1.Cl.Cl. The van der Waals surface area contributed by atoms with Gasteiger partial charge in [0, 0.05) is 12.1 Å². The van der Waals surface area contributed by atoms with Crippen molar-refractivity contribution in [2.75, 3.05) is 19.6 Å². The topological polar surface area (TPSA) is 33.3 Å². The number of hydrogen-bond donors (Lipinski definition) is 2. The van der Waals surface area contributed by atoms with E-state index in [-0.39, 0.29) is 37.2 Å². The predicted octanol–water partition coefficient (Wildman–Crippen LogP) is 4.34. The average molecular weight is 389 g/mol. The number of hydrogen-bond acceptors (Lipinski definition) is 3. The third kappa shape index (κ3) is 9.07. The Hall–Kier alpha value is -1.33. The molecule has 2 aromatic carbocycles. The molecule has 0 saturated carbocycles. The van der Waals surface area contributed by atoms with Crippen LogP contribution in [0.2, 0.25) is 0 Å². The van der Waals surface area contributed by atoms with Crippen LogP contribution >= 0.6 is 24.8 Å². The summed E-state index contributed by atoms with van der Waals surface area (Å²) in [6, 6.07) is 14.6. The molecule has 6 heteroatoms. The molecule has 0 aromatic heterocycles. The van der Waals surface area contributed by atoms with Crippen LogP contribution in [-0.4, -0.2) is 19.6 Å². The van der Waals surface area contributed by atoms with Crippen molar-refractivity contribution in [2.45, 2.75) is 26.5 Å². The van der Waals surface area contributed by atoms with Gasteiger partial charge in [-0.05, 0) is 49.8 Å². The van der Waals surface area contributed by atoms with Crippen LogP contribution in [0.15, 0.2) is 48.5 Å². The first-order chi connectivity index (χ1) is 11.3. The van der Waals surface area contributed by atoms with Crippen molar-refractivity contribution in [1.82, 2.24) is 10.6 Å². The van der Waals surface area contributed by atoms with Gasteiger partial charge in [-0.1, -0.05) is 37.3 Å². The Balaban J connectivity index is 0.00000288. The maximum absolute atomic E-state index is 13.6. The summed E-state index contributed by atoms with van der Waals surface area (Å²) in [5, 5.41) is 6.72. The Morgan fingerprint density at radius 1 is 0.960 bits per heavy atom. The minimum absolute atomic E-state index is 0. The molecule has 0 atom stereocenters. The van der Waals surface area contributed by atoms with Crippen molar-refractivity contribution in [3.8, 4) is 5.75 Å². The van der Waals surface area contributed by atoms with Crippen LogP contribution in [0.5, 0.6) is 5.75 Å². The first-order valence-electron chi connectivity index (χ1n) is 8.16. The number of halogens is 3. The molecule has 0 aliphatic rings. The van der Waals surface area contributed by atoms with E-state index in [2.05, 4.69) is 23.6 Å². The molecule has 0 bridgehead atoms. The maximum Gasteiger partial charge on any atom is 0.129 e. The van der Waals surface area contributed by atoms with Gasteiger partial charge in [-0.15, -0.1) is 24.8 Å². The molecule has 0 spiro atoms. The van der Waals surface area contributed by atoms with Crippen molar-refractivity contribution in [3.63, 3.8) is 0 Å². The summed E-state index contributed by atoms with van der Waals surface area (Å²) in [5.74, 6) is 0.534. The van der Waals surface area contributed by atoms with E-state index in [0.717, 1.165) is 38.3 Å². The van der Waals surface area contributed by atoms with Gasteiger partial charge in [0.05, 0.1) is 0 Å². The predicted molar refractivity (Wildman–Crippen MR) is 107 cm³/mol. The molecule has 2 aromatic rings. The quantitative estimate of drug-likeness (QED) is 0.594. The third-order valence-corrected chi connectivity index (χ3v) is 3.54. The number of nitrogens with one attached hydrogen (secondary N) is 2. The van der Waals surface area contributed by atoms with Crippen LogP contribution in [0, 0.1) is 5.82 Å². The summed E-state index contributed by atoms with van der Waals surface area (Å²) >= 11 is 0. The highest BCUT2D eigenvalue weighted by atomic mass is 35.5. The van der Waals surface area contributed by atoms with Crippen LogP contribution in [0.3, 0.4) is 0 Å². The van der Waals surface area contributed by atoms with Gasteiger partial charge in [0.2, 0.25) is 0 Å². The first-order valence-corrected chi connectivity index (χ1v) is 8.16. The second-order valence-corrected chi connectivity index (χ2v) is 5.41. The maximum atomic E-state index is 13.6. The monoisotopic (exact) mass is 388 g/mol. The third-order valence-electron chi connectivity index (χ3n) is 3.54. The molecule has 0 amide bonds. The molecule has 2 rings (SSSR count).